The van der Waals surface area contributed by atoms with Gasteiger partial charge in [-0.15, -0.1) is 24.0 Å². The molecule has 2 heterocycles. The number of likely N-dealkylation sites (N-methyl/N-ethyl adjacent to an activating group) is 1. The smallest absolute Gasteiger partial charge is 0.193 e. The Kier molecular flexibility index (Phi) is 10.9. The maximum atomic E-state index is 4.63. The fourth-order valence-corrected chi connectivity index (χ4v) is 5.00. The van der Waals surface area contributed by atoms with Gasteiger partial charge in [0.2, 0.25) is 0 Å². The molecule has 0 radical (unpaired) electrons. The SMILES string of the molecule is CCC1CN(C(=NC)NCC(C)N2CCN(CC)CC2)CCC1c1ccccc1.I. The second-order valence-corrected chi connectivity index (χ2v) is 8.67. The van der Waals surface area contributed by atoms with Crippen LogP contribution in [0.4, 0.5) is 0 Å². The van der Waals surface area contributed by atoms with E-state index in [9.17, 15) is 0 Å². The number of nitrogens with one attached hydrogen (secondary N) is 1. The minimum absolute atomic E-state index is 0. The average molecular weight is 528 g/mol. The van der Waals surface area contributed by atoms with Gasteiger partial charge in [-0.2, -0.15) is 0 Å². The van der Waals surface area contributed by atoms with Crippen LogP contribution in [0, 0.1) is 5.92 Å². The molecule has 0 amide bonds. The van der Waals surface area contributed by atoms with Gasteiger partial charge in [-0.1, -0.05) is 50.6 Å². The van der Waals surface area contributed by atoms with Crippen LogP contribution in [-0.4, -0.2) is 86.1 Å². The molecule has 5 nitrogen and oxygen atoms in total. The predicted molar refractivity (Wildman–Crippen MR) is 139 cm³/mol. The van der Waals surface area contributed by atoms with Gasteiger partial charge in [0.1, 0.15) is 0 Å². The van der Waals surface area contributed by atoms with Crippen molar-refractivity contribution in [2.24, 2.45) is 10.9 Å². The summed E-state index contributed by atoms with van der Waals surface area (Å²) in [5.74, 6) is 2.43. The summed E-state index contributed by atoms with van der Waals surface area (Å²) in [7, 11) is 1.93. The van der Waals surface area contributed by atoms with Gasteiger partial charge in [0.05, 0.1) is 0 Å². The van der Waals surface area contributed by atoms with E-state index in [0.29, 0.717) is 17.9 Å². The first-order chi connectivity index (χ1) is 14.2. The molecular formula is C24H42IN5. The Bertz CT molecular complexity index is 630. The lowest BCUT2D eigenvalue weighted by Crippen LogP contribution is -2.54. The summed E-state index contributed by atoms with van der Waals surface area (Å²) >= 11 is 0. The van der Waals surface area contributed by atoms with Crippen LogP contribution in [0.2, 0.25) is 0 Å². The first-order valence-corrected chi connectivity index (χ1v) is 11.6. The van der Waals surface area contributed by atoms with Gasteiger partial charge >= 0.3 is 0 Å². The van der Waals surface area contributed by atoms with Crippen LogP contribution in [0.5, 0.6) is 0 Å². The Morgan fingerprint density at radius 2 is 1.80 bits per heavy atom. The van der Waals surface area contributed by atoms with E-state index in [2.05, 4.69) is 76.1 Å². The van der Waals surface area contributed by atoms with Crippen LogP contribution in [0.15, 0.2) is 35.3 Å². The summed E-state index contributed by atoms with van der Waals surface area (Å²) < 4.78 is 0. The summed E-state index contributed by atoms with van der Waals surface area (Å²) in [6.45, 7) is 16.0. The largest absolute Gasteiger partial charge is 0.355 e. The Hall–Kier alpha value is -0.860. The summed E-state index contributed by atoms with van der Waals surface area (Å²) in [5, 5.41) is 3.68. The summed E-state index contributed by atoms with van der Waals surface area (Å²) in [6.07, 6.45) is 2.42. The molecule has 30 heavy (non-hydrogen) atoms. The van der Waals surface area contributed by atoms with Crippen molar-refractivity contribution in [3.63, 3.8) is 0 Å². The first-order valence-electron chi connectivity index (χ1n) is 11.6. The van der Waals surface area contributed by atoms with Crippen LogP contribution < -0.4 is 5.32 Å². The molecule has 0 spiro atoms. The number of rotatable bonds is 6. The van der Waals surface area contributed by atoms with Crippen molar-refractivity contribution in [3.05, 3.63) is 35.9 Å². The van der Waals surface area contributed by atoms with E-state index in [1.807, 2.05) is 7.05 Å². The van der Waals surface area contributed by atoms with E-state index in [1.165, 1.54) is 51.1 Å². The van der Waals surface area contributed by atoms with Gasteiger partial charge in [0, 0.05) is 58.9 Å². The van der Waals surface area contributed by atoms with E-state index in [4.69, 9.17) is 0 Å². The highest BCUT2D eigenvalue weighted by Gasteiger charge is 2.30. The van der Waals surface area contributed by atoms with Crippen molar-refractivity contribution in [2.45, 2.75) is 45.6 Å². The number of aliphatic imine (C=N–C) groups is 1. The Balaban J connectivity index is 0.00000320. The fourth-order valence-electron chi connectivity index (χ4n) is 5.00. The van der Waals surface area contributed by atoms with Crippen LogP contribution in [-0.2, 0) is 0 Å². The number of guanidine groups is 1. The first kappa shape index (κ1) is 25.4. The molecule has 0 bridgehead atoms. The third-order valence-electron chi connectivity index (χ3n) is 7.03. The van der Waals surface area contributed by atoms with Crippen molar-refractivity contribution in [1.29, 1.82) is 0 Å². The Morgan fingerprint density at radius 1 is 1.10 bits per heavy atom. The minimum Gasteiger partial charge on any atom is -0.355 e. The molecule has 1 N–H and O–H groups in total. The monoisotopic (exact) mass is 527 g/mol. The number of benzene rings is 1. The zero-order chi connectivity index (χ0) is 20.6. The molecule has 3 rings (SSSR count). The van der Waals surface area contributed by atoms with Crippen molar-refractivity contribution < 1.29 is 0 Å². The van der Waals surface area contributed by atoms with E-state index >= 15 is 0 Å². The fraction of sp³-hybridized carbons (Fsp3) is 0.708. The number of hydrogen-bond donors (Lipinski definition) is 1. The average Bonchev–Trinajstić information content (AvgIpc) is 2.79. The van der Waals surface area contributed by atoms with E-state index in [-0.39, 0.29) is 24.0 Å². The number of halogens is 1. The zero-order valence-corrected chi connectivity index (χ0v) is 21.7. The molecular weight excluding hydrogens is 485 g/mol. The van der Waals surface area contributed by atoms with Crippen LogP contribution >= 0.6 is 24.0 Å². The molecule has 1 aromatic carbocycles. The van der Waals surface area contributed by atoms with Crippen molar-refractivity contribution in [1.82, 2.24) is 20.0 Å². The van der Waals surface area contributed by atoms with Crippen LogP contribution in [0.25, 0.3) is 0 Å². The molecule has 0 aliphatic carbocycles. The maximum absolute atomic E-state index is 4.63. The van der Waals surface area contributed by atoms with Gasteiger partial charge in [-0.3, -0.25) is 9.89 Å². The third-order valence-corrected chi connectivity index (χ3v) is 7.03. The lowest BCUT2D eigenvalue weighted by Gasteiger charge is -2.41. The lowest BCUT2D eigenvalue weighted by atomic mass is 9.79. The molecule has 2 fully saturated rings. The van der Waals surface area contributed by atoms with Crippen LogP contribution in [0.1, 0.15) is 45.1 Å². The quantitative estimate of drug-likeness (QED) is 0.348. The van der Waals surface area contributed by atoms with Gasteiger partial charge in [-0.05, 0) is 37.3 Å². The highest BCUT2D eigenvalue weighted by atomic mass is 127. The van der Waals surface area contributed by atoms with Crippen molar-refractivity contribution in [2.75, 3.05) is 59.4 Å². The van der Waals surface area contributed by atoms with Gasteiger partial charge in [0.15, 0.2) is 5.96 Å². The number of piperidine rings is 1. The highest BCUT2D eigenvalue weighted by Crippen LogP contribution is 2.34. The normalized spacial score (nSPS) is 24.9. The highest BCUT2D eigenvalue weighted by molar-refractivity contribution is 14.0. The molecule has 1 aromatic rings. The Morgan fingerprint density at radius 3 is 2.40 bits per heavy atom. The third kappa shape index (κ3) is 6.57. The second-order valence-electron chi connectivity index (χ2n) is 8.67. The Labute approximate surface area is 201 Å². The molecule has 2 aliphatic rings. The molecule has 170 valence electrons. The molecule has 6 heteroatoms. The zero-order valence-electron chi connectivity index (χ0n) is 19.4. The van der Waals surface area contributed by atoms with Crippen LogP contribution in [0.3, 0.4) is 0 Å². The molecule has 0 saturated carbocycles. The van der Waals surface area contributed by atoms with Gasteiger partial charge < -0.3 is 15.1 Å². The minimum atomic E-state index is 0. The molecule has 2 saturated heterocycles. The number of nitrogens with zero attached hydrogens (tertiary/aromatic N) is 4. The molecule has 0 aromatic heterocycles. The lowest BCUT2D eigenvalue weighted by molar-refractivity contribution is 0.106. The van der Waals surface area contributed by atoms with Gasteiger partial charge in [0.25, 0.3) is 0 Å². The number of likely N-dealkylation sites (tertiary alicyclic amines) is 1. The van der Waals surface area contributed by atoms with E-state index in [1.54, 1.807) is 0 Å². The summed E-state index contributed by atoms with van der Waals surface area (Å²) in [4.78, 5) is 12.3. The molecule has 3 unspecified atom stereocenters. The summed E-state index contributed by atoms with van der Waals surface area (Å²) in [5.41, 5.74) is 1.50. The number of hydrogen-bond acceptors (Lipinski definition) is 3. The van der Waals surface area contributed by atoms with E-state index < -0.39 is 0 Å². The predicted octanol–water partition coefficient (Wildman–Crippen LogP) is 3.72. The molecule has 3 atom stereocenters. The van der Waals surface area contributed by atoms with Gasteiger partial charge in [-0.25, -0.2) is 0 Å². The maximum Gasteiger partial charge on any atom is 0.193 e. The van der Waals surface area contributed by atoms with Crippen molar-refractivity contribution in [3.8, 4) is 0 Å². The van der Waals surface area contributed by atoms with Crippen molar-refractivity contribution >= 4 is 29.9 Å². The summed E-state index contributed by atoms with van der Waals surface area (Å²) in [6, 6.07) is 11.6. The topological polar surface area (TPSA) is 34.1 Å². The standard InChI is InChI=1S/C24H41N5.HI/c1-5-21-19-29(13-12-23(21)22-10-8-7-9-11-22)24(25-4)26-18-20(3)28-16-14-27(6-2)15-17-28;/h7-11,20-21,23H,5-6,12-19H2,1-4H3,(H,25,26);1H. The number of piperazine rings is 1. The van der Waals surface area contributed by atoms with E-state index in [0.717, 1.165) is 25.6 Å². The molecule has 2 aliphatic heterocycles. The second kappa shape index (κ2) is 12.9.